The van der Waals surface area contributed by atoms with Crippen LogP contribution >= 0.6 is 11.6 Å². The lowest BCUT2D eigenvalue weighted by molar-refractivity contribution is 0.262. The average Bonchev–Trinajstić information content (AvgIpc) is 2.73. The van der Waals surface area contributed by atoms with Crippen LogP contribution in [0.5, 0.6) is 0 Å². The zero-order valence-electron chi connectivity index (χ0n) is 11.8. The van der Waals surface area contributed by atoms with Gasteiger partial charge in [0.15, 0.2) is 0 Å². The van der Waals surface area contributed by atoms with Gasteiger partial charge < -0.3 is 0 Å². The zero-order chi connectivity index (χ0) is 13.4. The van der Waals surface area contributed by atoms with E-state index in [-0.39, 0.29) is 0 Å². The Balaban J connectivity index is 2.59. The highest BCUT2D eigenvalue weighted by molar-refractivity contribution is 6.18. The predicted molar refractivity (Wildman–Crippen MR) is 75.8 cm³/mol. The molecule has 0 aliphatic heterocycles. The van der Waals surface area contributed by atoms with Crippen molar-refractivity contribution in [3.63, 3.8) is 0 Å². The van der Waals surface area contributed by atoms with E-state index in [1.807, 2.05) is 4.68 Å². The van der Waals surface area contributed by atoms with Gasteiger partial charge in [-0.3, -0.25) is 4.90 Å². The Labute approximate surface area is 115 Å². The molecule has 0 atom stereocenters. The fourth-order valence-corrected chi connectivity index (χ4v) is 2.12. The first kappa shape index (κ1) is 15.4. The number of nitrogens with zero attached hydrogens (tertiary/aromatic N) is 4. The molecule has 0 spiro atoms. The van der Waals surface area contributed by atoms with Crippen molar-refractivity contribution in [2.75, 3.05) is 19.0 Å². The Morgan fingerprint density at radius 2 is 2.17 bits per heavy atom. The van der Waals surface area contributed by atoms with Gasteiger partial charge in [-0.2, -0.15) is 5.10 Å². The lowest BCUT2D eigenvalue weighted by Crippen LogP contribution is -2.28. The third-order valence-corrected chi connectivity index (χ3v) is 3.00. The van der Waals surface area contributed by atoms with Crippen LogP contribution in [-0.4, -0.2) is 38.6 Å². The number of rotatable bonds is 9. The van der Waals surface area contributed by atoms with E-state index in [1.54, 1.807) is 6.33 Å². The van der Waals surface area contributed by atoms with E-state index in [4.69, 9.17) is 11.6 Å². The minimum absolute atomic E-state index is 0.586. The third-order valence-electron chi connectivity index (χ3n) is 2.83. The number of hydrogen-bond donors (Lipinski definition) is 0. The second-order valence-electron chi connectivity index (χ2n) is 5.07. The zero-order valence-corrected chi connectivity index (χ0v) is 12.5. The molecule has 0 saturated carbocycles. The molecule has 1 aromatic heterocycles. The lowest BCUT2D eigenvalue weighted by atomic mass is 10.2. The summed E-state index contributed by atoms with van der Waals surface area (Å²) < 4.78 is 2.01. The highest BCUT2D eigenvalue weighted by Gasteiger charge is 2.11. The van der Waals surface area contributed by atoms with Crippen LogP contribution in [0.4, 0.5) is 0 Å². The number of unbranched alkanes of at least 4 members (excludes halogenated alkanes) is 1. The summed E-state index contributed by atoms with van der Waals surface area (Å²) in [6, 6.07) is 0. The first-order valence-electron chi connectivity index (χ1n) is 6.82. The molecule has 0 aromatic carbocycles. The van der Waals surface area contributed by atoms with Crippen molar-refractivity contribution in [1.29, 1.82) is 0 Å². The van der Waals surface area contributed by atoms with Crippen molar-refractivity contribution in [3.05, 3.63) is 12.2 Å². The Hall–Kier alpha value is -0.610. The van der Waals surface area contributed by atoms with Gasteiger partial charge in [-0.1, -0.05) is 27.2 Å². The van der Waals surface area contributed by atoms with E-state index < -0.39 is 0 Å². The first-order valence-corrected chi connectivity index (χ1v) is 7.35. The van der Waals surface area contributed by atoms with Crippen molar-refractivity contribution in [1.82, 2.24) is 19.7 Å². The van der Waals surface area contributed by atoms with Gasteiger partial charge in [-0.05, 0) is 18.9 Å². The van der Waals surface area contributed by atoms with E-state index in [1.165, 1.54) is 12.8 Å². The maximum absolute atomic E-state index is 5.85. The molecule has 0 aliphatic carbocycles. The summed E-state index contributed by atoms with van der Waals surface area (Å²) in [4.78, 5) is 6.72. The summed E-state index contributed by atoms with van der Waals surface area (Å²) in [6.07, 6.45) is 4.06. The van der Waals surface area contributed by atoms with Gasteiger partial charge in [0, 0.05) is 19.0 Å². The summed E-state index contributed by atoms with van der Waals surface area (Å²) in [6.45, 7) is 10.4. The maximum Gasteiger partial charge on any atom is 0.141 e. The minimum atomic E-state index is 0.586. The summed E-state index contributed by atoms with van der Waals surface area (Å²) in [7, 11) is 0. The van der Waals surface area contributed by atoms with Crippen LogP contribution in [0.2, 0.25) is 0 Å². The Kier molecular flexibility index (Phi) is 7.28. The highest BCUT2D eigenvalue weighted by Crippen LogP contribution is 2.06. The van der Waals surface area contributed by atoms with E-state index in [0.717, 1.165) is 32.0 Å². The molecule has 5 heteroatoms. The quantitative estimate of drug-likeness (QED) is 0.648. The number of hydrogen-bond acceptors (Lipinski definition) is 3. The molecule has 1 heterocycles. The van der Waals surface area contributed by atoms with Crippen molar-refractivity contribution < 1.29 is 0 Å². The summed E-state index contributed by atoms with van der Waals surface area (Å²) >= 11 is 5.85. The predicted octanol–water partition coefficient (Wildman–Crippen LogP) is 2.78. The van der Waals surface area contributed by atoms with Gasteiger partial charge in [0.05, 0.1) is 6.54 Å². The molecule has 0 radical (unpaired) electrons. The standard InChI is InChI=1S/C13H25ClN4/c1-4-5-7-17(8-6-14)10-13-15-11-16-18(13)9-12(2)3/h11-12H,4-10H2,1-3H3. The van der Waals surface area contributed by atoms with E-state index in [0.29, 0.717) is 11.8 Å². The fraction of sp³-hybridized carbons (Fsp3) is 0.846. The van der Waals surface area contributed by atoms with Crippen LogP contribution < -0.4 is 0 Å². The van der Waals surface area contributed by atoms with Gasteiger partial charge in [-0.25, -0.2) is 9.67 Å². The van der Waals surface area contributed by atoms with Crippen molar-refractivity contribution in [3.8, 4) is 0 Å². The maximum atomic E-state index is 5.85. The summed E-state index contributed by atoms with van der Waals surface area (Å²) in [5, 5.41) is 4.30. The molecule has 0 saturated heterocycles. The molecule has 18 heavy (non-hydrogen) atoms. The monoisotopic (exact) mass is 272 g/mol. The van der Waals surface area contributed by atoms with Crippen molar-refractivity contribution in [2.45, 2.75) is 46.7 Å². The van der Waals surface area contributed by atoms with Gasteiger partial charge in [0.1, 0.15) is 12.2 Å². The highest BCUT2D eigenvalue weighted by atomic mass is 35.5. The average molecular weight is 273 g/mol. The van der Waals surface area contributed by atoms with E-state index in [9.17, 15) is 0 Å². The van der Waals surface area contributed by atoms with Crippen LogP contribution in [0.1, 0.15) is 39.4 Å². The second-order valence-corrected chi connectivity index (χ2v) is 5.45. The number of alkyl halides is 1. The molecule has 4 nitrogen and oxygen atoms in total. The summed E-state index contributed by atoms with van der Waals surface area (Å²) in [5.41, 5.74) is 0. The molecule has 0 amide bonds. The number of halogens is 1. The Bertz CT molecular complexity index is 325. The molecule has 1 rings (SSSR count). The molecule has 0 N–H and O–H groups in total. The fourth-order valence-electron chi connectivity index (χ4n) is 1.88. The second kappa shape index (κ2) is 8.48. The number of aromatic nitrogens is 3. The van der Waals surface area contributed by atoms with E-state index >= 15 is 0 Å². The van der Waals surface area contributed by atoms with Crippen molar-refractivity contribution in [2.24, 2.45) is 5.92 Å². The van der Waals surface area contributed by atoms with Crippen LogP contribution in [0.15, 0.2) is 6.33 Å². The van der Waals surface area contributed by atoms with Gasteiger partial charge >= 0.3 is 0 Å². The summed E-state index contributed by atoms with van der Waals surface area (Å²) in [5.74, 6) is 2.30. The Morgan fingerprint density at radius 1 is 1.39 bits per heavy atom. The SMILES string of the molecule is CCCCN(CCCl)Cc1ncnn1CC(C)C. The van der Waals surface area contributed by atoms with E-state index in [2.05, 4.69) is 35.8 Å². The van der Waals surface area contributed by atoms with Crippen LogP contribution in [0.25, 0.3) is 0 Å². The molecule has 104 valence electrons. The van der Waals surface area contributed by atoms with Crippen LogP contribution in [-0.2, 0) is 13.1 Å². The topological polar surface area (TPSA) is 34.0 Å². The molecule has 0 fully saturated rings. The molecular weight excluding hydrogens is 248 g/mol. The van der Waals surface area contributed by atoms with Crippen LogP contribution in [0, 0.1) is 5.92 Å². The molecular formula is C13H25ClN4. The first-order chi connectivity index (χ1) is 8.67. The molecule has 0 aliphatic rings. The largest absolute Gasteiger partial charge is 0.295 e. The smallest absolute Gasteiger partial charge is 0.141 e. The van der Waals surface area contributed by atoms with Gasteiger partial charge in [0.25, 0.3) is 0 Å². The molecule has 0 unspecified atom stereocenters. The van der Waals surface area contributed by atoms with Gasteiger partial charge in [-0.15, -0.1) is 11.6 Å². The molecule has 1 aromatic rings. The third kappa shape index (κ3) is 5.36. The Morgan fingerprint density at radius 3 is 2.78 bits per heavy atom. The normalized spacial score (nSPS) is 11.7. The molecule has 0 bridgehead atoms. The van der Waals surface area contributed by atoms with Crippen LogP contribution in [0.3, 0.4) is 0 Å². The van der Waals surface area contributed by atoms with Gasteiger partial charge in [0.2, 0.25) is 0 Å². The lowest BCUT2D eigenvalue weighted by Gasteiger charge is -2.21. The minimum Gasteiger partial charge on any atom is -0.295 e. The van der Waals surface area contributed by atoms with Crippen molar-refractivity contribution >= 4 is 11.6 Å².